The average molecular weight is 432 g/mol. The zero-order chi connectivity index (χ0) is 20.4. The second-order valence-electron chi connectivity index (χ2n) is 6.57. The van der Waals surface area contributed by atoms with Crippen molar-refractivity contribution in [2.24, 2.45) is 0 Å². The number of para-hydroxylation sites is 1. The zero-order valence-electron chi connectivity index (χ0n) is 15.7. The first-order valence-corrected chi connectivity index (χ1v) is 10.7. The summed E-state index contributed by atoms with van der Waals surface area (Å²) < 4.78 is 19.8. The molecule has 0 unspecified atom stereocenters. The van der Waals surface area contributed by atoms with E-state index in [1.807, 2.05) is 23.9 Å². The molecule has 150 valence electrons. The molecular weight excluding hydrogens is 413 g/mol. The molecule has 8 heteroatoms. The topological polar surface area (TPSA) is 54.5 Å². The van der Waals surface area contributed by atoms with Crippen LogP contribution >= 0.6 is 23.4 Å². The monoisotopic (exact) mass is 431 g/mol. The van der Waals surface area contributed by atoms with Gasteiger partial charge in [-0.1, -0.05) is 23.7 Å². The second kappa shape index (κ2) is 8.47. The Kier molecular flexibility index (Phi) is 5.78. The Bertz CT molecular complexity index is 1070. The van der Waals surface area contributed by atoms with Crippen LogP contribution in [-0.2, 0) is 0 Å². The van der Waals surface area contributed by atoms with Gasteiger partial charge in [0, 0.05) is 35.0 Å². The maximum Gasteiger partial charge on any atom is 0.272 e. The van der Waals surface area contributed by atoms with Gasteiger partial charge in [-0.15, -0.1) is 0 Å². The van der Waals surface area contributed by atoms with E-state index in [1.54, 1.807) is 24.1 Å². The third-order valence-corrected chi connectivity index (χ3v) is 5.92. The molecule has 0 aliphatic carbocycles. The Balaban J connectivity index is 1.83. The number of anilines is 2. The number of rotatable bonds is 4. The molecule has 1 N–H and O–H groups in total. The molecule has 4 rings (SSSR count). The molecule has 2 aromatic carbocycles. The molecule has 0 spiro atoms. The van der Waals surface area contributed by atoms with E-state index < -0.39 is 5.82 Å². The maximum atomic E-state index is 14.3. The first-order chi connectivity index (χ1) is 14.1. The van der Waals surface area contributed by atoms with Gasteiger partial charge in [0.2, 0.25) is 0 Å². The Morgan fingerprint density at radius 3 is 2.76 bits per heavy atom. The molecule has 1 fully saturated rings. The summed E-state index contributed by atoms with van der Waals surface area (Å²) in [5.41, 5.74) is 1.61. The highest BCUT2D eigenvalue weighted by Gasteiger charge is 2.22. The normalized spacial score (nSPS) is 14.1. The number of hydrogen-bond acceptors (Lipinski definition) is 5. The minimum absolute atomic E-state index is 0.146. The van der Waals surface area contributed by atoms with Gasteiger partial charge in [-0.25, -0.2) is 9.37 Å². The lowest BCUT2D eigenvalue weighted by atomic mass is 10.1. The predicted molar refractivity (Wildman–Crippen MR) is 116 cm³/mol. The third kappa shape index (κ3) is 4.11. The number of methoxy groups -OCH3 is 1. The summed E-state index contributed by atoms with van der Waals surface area (Å²) in [6.45, 7) is 1.36. The molecule has 1 aliphatic heterocycles. The fourth-order valence-corrected chi connectivity index (χ4v) is 4.34. The number of halogens is 2. The van der Waals surface area contributed by atoms with Crippen LogP contribution in [0.1, 0.15) is 10.5 Å². The molecule has 2 heterocycles. The number of carbonyl (C=O) groups excluding carboxylic acids is 1. The lowest BCUT2D eigenvalue weighted by Crippen LogP contribution is -2.38. The Hall–Kier alpha value is -2.51. The van der Waals surface area contributed by atoms with Crippen LogP contribution in [0, 0.1) is 5.82 Å². The van der Waals surface area contributed by atoms with E-state index in [0.717, 1.165) is 16.9 Å². The van der Waals surface area contributed by atoms with Crippen molar-refractivity contribution in [3.8, 4) is 5.75 Å². The highest BCUT2D eigenvalue weighted by atomic mass is 35.5. The fourth-order valence-electron chi connectivity index (χ4n) is 3.27. The number of fused-ring (bicyclic) bond motifs is 1. The lowest BCUT2D eigenvalue weighted by molar-refractivity contribution is 0.0767. The average Bonchev–Trinajstić information content (AvgIpc) is 2.75. The third-order valence-electron chi connectivity index (χ3n) is 4.74. The van der Waals surface area contributed by atoms with Gasteiger partial charge in [0.05, 0.1) is 18.5 Å². The summed E-state index contributed by atoms with van der Waals surface area (Å²) in [6, 6.07) is 11.4. The van der Waals surface area contributed by atoms with Crippen LogP contribution < -0.4 is 10.1 Å². The quantitative estimate of drug-likeness (QED) is 0.632. The lowest BCUT2D eigenvalue weighted by Gasteiger charge is -2.26. The molecule has 1 saturated heterocycles. The van der Waals surface area contributed by atoms with E-state index in [4.69, 9.17) is 16.3 Å². The Labute approximate surface area is 177 Å². The number of hydrogen-bond donors (Lipinski definition) is 1. The van der Waals surface area contributed by atoms with Crippen molar-refractivity contribution in [2.45, 2.75) is 0 Å². The molecular formula is C21H19ClFN3O2S. The molecule has 5 nitrogen and oxygen atoms in total. The van der Waals surface area contributed by atoms with Crippen molar-refractivity contribution >= 4 is 51.5 Å². The van der Waals surface area contributed by atoms with Crippen molar-refractivity contribution in [1.29, 1.82) is 0 Å². The molecule has 0 bridgehead atoms. The number of benzene rings is 2. The van der Waals surface area contributed by atoms with Crippen molar-refractivity contribution in [3.05, 3.63) is 59.0 Å². The summed E-state index contributed by atoms with van der Waals surface area (Å²) in [7, 11) is 1.55. The first kappa shape index (κ1) is 19.8. The van der Waals surface area contributed by atoms with E-state index in [0.29, 0.717) is 40.8 Å². The van der Waals surface area contributed by atoms with Crippen LogP contribution in [0.4, 0.5) is 15.8 Å². The van der Waals surface area contributed by atoms with Crippen molar-refractivity contribution < 1.29 is 13.9 Å². The minimum atomic E-state index is -0.441. The number of aromatic nitrogens is 1. The van der Waals surface area contributed by atoms with Crippen LogP contribution in [0.25, 0.3) is 10.9 Å². The smallest absolute Gasteiger partial charge is 0.272 e. The van der Waals surface area contributed by atoms with Gasteiger partial charge in [0.1, 0.15) is 22.8 Å². The van der Waals surface area contributed by atoms with Gasteiger partial charge in [0.15, 0.2) is 0 Å². The number of ether oxygens (including phenoxy) is 1. The zero-order valence-corrected chi connectivity index (χ0v) is 17.3. The van der Waals surface area contributed by atoms with Crippen LogP contribution in [0.2, 0.25) is 5.02 Å². The molecule has 3 aromatic rings. The summed E-state index contributed by atoms with van der Waals surface area (Å²) in [6.07, 6.45) is 0. The molecule has 29 heavy (non-hydrogen) atoms. The van der Waals surface area contributed by atoms with E-state index in [1.165, 1.54) is 18.2 Å². The van der Waals surface area contributed by atoms with Gasteiger partial charge in [0.25, 0.3) is 5.91 Å². The number of pyridine rings is 1. The van der Waals surface area contributed by atoms with E-state index in [-0.39, 0.29) is 11.6 Å². The van der Waals surface area contributed by atoms with E-state index >= 15 is 0 Å². The number of nitrogens with one attached hydrogen (secondary N) is 1. The summed E-state index contributed by atoms with van der Waals surface area (Å²) in [5.74, 6) is 1.76. The molecule has 0 saturated carbocycles. The van der Waals surface area contributed by atoms with Crippen molar-refractivity contribution in [2.75, 3.05) is 37.0 Å². The summed E-state index contributed by atoms with van der Waals surface area (Å²) >= 11 is 7.86. The highest BCUT2D eigenvalue weighted by molar-refractivity contribution is 7.99. The molecule has 0 atom stereocenters. The van der Waals surface area contributed by atoms with Gasteiger partial charge in [-0.3, -0.25) is 4.79 Å². The molecule has 1 aliphatic rings. The first-order valence-electron chi connectivity index (χ1n) is 9.13. The SMILES string of the molecule is COc1cccc2c(Nc3cc(Cl)ccc3F)cc(C(=O)N3CCSCC3)nc12. The van der Waals surface area contributed by atoms with E-state index in [2.05, 4.69) is 10.3 Å². The van der Waals surface area contributed by atoms with Crippen LogP contribution in [0.15, 0.2) is 42.5 Å². The maximum absolute atomic E-state index is 14.3. The van der Waals surface area contributed by atoms with Gasteiger partial charge in [-0.05, 0) is 30.3 Å². The molecule has 1 amide bonds. The number of thioether (sulfide) groups is 1. The summed E-state index contributed by atoms with van der Waals surface area (Å²) in [5, 5.41) is 4.20. The van der Waals surface area contributed by atoms with Gasteiger partial charge >= 0.3 is 0 Å². The number of nitrogens with zero attached hydrogens (tertiary/aromatic N) is 2. The van der Waals surface area contributed by atoms with Gasteiger partial charge < -0.3 is 15.0 Å². The highest BCUT2D eigenvalue weighted by Crippen LogP contribution is 2.33. The van der Waals surface area contributed by atoms with Gasteiger partial charge in [-0.2, -0.15) is 11.8 Å². The second-order valence-corrected chi connectivity index (χ2v) is 8.23. The largest absolute Gasteiger partial charge is 0.494 e. The Morgan fingerprint density at radius 2 is 2.00 bits per heavy atom. The summed E-state index contributed by atoms with van der Waals surface area (Å²) in [4.78, 5) is 19.4. The number of amides is 1. The minimum Gasteiger partial charge on any atom is -0.494 e. The van der Waals surface area contributed by atoms with E-state index in [9.17, 15) is 9.18 Å². The standard InChI is InChI=1S/C21H19ClFN3O2S/c1-28-19-4-2-3-14-16(24-17-11-13(22)5-6-15(17)23)12-18(25-20(14)19)21(27)26-7-9-29-10-8-26/h2-6,11-12H,7-10H2,1H3,(H,24,25). The van der Waals surface area contributed by atoms with Crippen LogP contribution in [0.3, 0.4) is 0 Å². The number of carbonyl (C=O) groups is 1. The van der Waals surface area contributed by atoms with Crippen LogP contribution in [0.5, 0.6) is 5.75 Å². The molecule has 1 aromatic heterocycles. The van der Waals surface area contributed by atoms with Crippen molar-refractivity contribution in [1.82, 2.24) is 9.88 Å². The molecule has 0 radical (unpaired) electrons. The van der Waals surface area contributed by atoms with Crippen LogP contribution in [-0.4, -0.2) is 47.5 Å². The Morgan fingerprint density at radius 1 is 1.21 bits per heavy atom. The van der Waals surface area contributed by atoms with Crippen molar-refractivity contribution in [3.63, 3.8) is 0 Å². The fraction of sp³-hybridized carbons (Fsp3) is 0.238. The predicted octanol–water partition coefficient (Wildman–Crippen LogP) is 4.97.